The number of H-pyrrole nitrogens is 1. The number of likely N-dealkylation sites (N-methyl/N-ethyl adjacent to an activating group) is 1. The van der Waals surface area contributed by atoms with E-state index in [-0.39, 0.29) is 28.8 Å². The summed E-state index contributed by atoms with van der Waals surface area (Å²) in [6.07, 6.45) is 2.63. The van der Waals surface area contributed by atoms with E-state index in [1.165, 1.54) is 6.92 Å². The molecular formula is C19H23N3O3. The summed E-state index contributed by atoms with van der Waals surface area (Å²) in [6.45, 7) is 5.62. The van der Waals surface area contributed by atoms with Crippen molar-refractivity contribution in [2.24, 2.45) is 0 Å². The van der Waals surface area contributed by atoms with Crippen molar-refractivity contribution in [2.75, 3.05) is 13.6 Å². The van der Waals surface area contributed by atoms with Crippen molar-refractivity contribution in [3.05, 3.63) is 70.3 Å². The molecule has 25 heavy (non-hydrogen) atoms. The lowest BCUT2D eigenvalue weighted by Crippen LogP contribution is -2.33. The number of nitrogens with zero attached hydrogens (tertiary/aromatic N) is 2. The van der Waals surface area contributed by atoms with Crippen LogP contribution < -0.4 is 5.56 Å². The fraction of sp³-hybridized carbons (Fsp3) is 0.316. The molecule has 6 nitrogen and oxygen atoms in total. The van der Waals surface area contributed by atoms with Gasteiger partial charge in [0.2, 0.25) is 11.8 Å². The smallest absolute Gasteiger partial charge is 0.257 e. The number of hydrogen-bond donors (Lipinski definition) is 2. The number of nitrogens with one attached hydrogen (secondary N) is 1. The van der Waals surface area contributed by atoms with Crippen LogP contribution in [0.25, 0.3) is 0 Å². The van der Waals surface area contributed by atoms with Gasteiger partial charge in [-0.1, -0.05) is 36.4 Å². The SMILES string of the molecule is C=CCC(C(=O)N(C)CCc1nc(O)c(C)c(=O)[nH]1)c1ccccc1. The summed E-state index contributed by atoms with van der Waals surface area (Å²) in [5.41, 5.74) is 0.757. The zero-order chi connectivity index (χ0) is 18.4. The van der Waals surface area contributed by atoms with Crippen molar-refractivity contribution in [2.45, 2.75) is 25.7 Å². The fourth-order valence-corrected chi connectivity index (χ4v) is 2.57. The monoisotopic (exact) mass is 341 g/mol. The van der Waals surface area contributed by atoms with Crippen molar-refractivity contribution in [3.63, 3.8) is 0 Å². The molecule has 0 bridgehead atoms. The van der Waals surface area contributed by atoms with Crippen LogP contribution in [0.1, 0.15) is 29.3 Å². The van der Waals surface area contributed by atoms with Crippen LogP contribution in [-0.4, -0.2) is 39.5 Å². The fourth-order valence-electron chi connectivity index (χ4n) is 2.57. The third kappa shape index (κ3) is 4.56. The highest BCUT2D eigenvalue weighted by Gasteiger charge is 2.22. The molecule has 132 valence electrons. The highest BCUT2D eigenvalue weighted by atomic mass is 16.3. The predicted octanol–water partition coefficient (Wildman–Crippen LogP) is 2.14. The maximum Gasteiger partial charge on any atom is 0.257 e. The van der Waals surface area contributed by atoms with E-state index in [4.69, 9.17) is 0 Å². The summed E-state index contributed by atoms with van der Waals surface area (Å²) in [7, 11) is 1.72. The van der Waals surface area contributed by atoms with Gasteiger partial charge in [0.25, 0.3) is 5.56 Å². The summed E-state index contributed by atoms with van der Waals surface area (Å²) in [6, 6.07) is 9.58. The van der Waals surface area contributed by atoms with Crippen molar-refractivity contribution < 1.29 is 9.90 Å². The Kier molecular flexibility index (Phi) is 6.11. The van der Waals surface area contributed by atoms with Crippen molar-refractivity contribution in [1.82, 2.24) is 14.9 Å². The van der Waals surface area contributed by atoms with Crippen molar-refractivity contribution in [3.8, 4) is 5.88 Å². The average Bonchev–Trinajstić information content (AvgIpc) is 2.62. The molecule has 2 N–H and O–H groups in total. The number of aromatic nitrogens is 2. The first-order chi connectivity index (χ1) is 11.9. The Morgan fingerprint density at radius 1 is 1.40 bits per heavy atom. The second kappa shape index (κ2) is 8.28. The zero-order valence-electron chi connectivity index (χ0n) is 14.5. The van der Waals surface area contributed by atoms with Gasteiger partial charge in [0.1, 0.15) is 5.82 Å². The van der Waals surface area contributed by atoms with Gasteiger partial charge >= 0.3 is 0 Å². The van der Waals surface area contributed by atoms with Crippen molar-refractivity contribution in [1.29, 1.82) is 0 Å². The molecule has 0 radical (unpaired) electrons. The molecule has 2 rings (SSSR count). The Balaban J connectivity index is 2.08. The molecule has 0 saturated carbocycles. The summed E-state index contributed by atoms with van der Waals surface area (Å²) in [5.74, 6) is -0.235. The molecule has 0 saturated heterocycles. The highest BCUT2D eigenvalue weighted by molar-refractivity contribution is 5.83. The topological polar surface area (TPSA) is 86.3 Å². The molecule has 1 amide bonds. The lowest BCUT2D eigenvalue weighted by Gasteiger charge is -2.23. The van der Waals surface area contributed by atoms with E-state index >= 15 is 0 Å². The predicted molar refractivity (Wildman–Crippen MR) is 96.6 cm³/mol. The van der Waals surface area contributed by atoms with E-state index in [0.29, 0.717) is 25.2 Å². The first kappa shape index (κ1) is 18.4. The molecule has 0 aliphatic heterocycles. The number of amides is 1. The number of carbonyl (C=O) groups excluding carboxylic acids is 1. The first-order valence-corrected chi connectivity index (χ1v) is 8.13. The van der Waals surface area contributed by atoms with Crippen LogP contribution in [0.4, 0.5) is 0 Å². The van der Waals surface area contributed by atoms with Crippen LogP contribution in [0.3, 0.4) is 0 Å². The Bertz CT molecular complexity index is 799. The molecule has 0 aliphatic rings. The lowest BCUT2D eigenvalue weighted by atomic mass is 9.94. The lowest BCUT2D eigenvalue weighted by molar-refractivity contribution is -0.131. The second-order valence-corrected chi connectivity index (χ2v) is 5.96. The number of carbonyl (C=O) groups is 1. The van der Waals surface area contributed by atoms with Crippen LogP contribution in [0.15, 0.2) is 47.8 Å². The van der Waals surface area contributed by atoms with Crippen molar-refractivity contribution >= 4 is 5.91 Å². The van der Waals surface area contributed by atoms with Crippen LogP contribution in [0.5, 0.6) is 5.88 Å². The van der Waals surface area contributed by atoms with Crippen LogP contribution in [0, 0.1) is 6.92 Å². The number of hydrogen-bond acceptors (Lipinski definition) is 4. The molecular weight excluding hydrogens is 318 g/mol. The molecule has 0 fully saturated rings. The third-order valence-corrected chi connectivity index (χ3v) is 4.14. The Morgan fingerprint density at radius 3 is 2.68 bits per heavy atom. The largest absolute Gasteiger partial charge is 0.493 e. The van der Waals surface area contributed by atoms with Crippen LogP contribution in [0.2, 0.25) is 0 Å². The Labute approximate surface area is 146 Å². The minimum absolute atomic E-state index is 0.0234. The minimum Gasteiger partial charge on any atom is -0.493 e. The maximum absolute atomic E-state index is 12.8. The number of benzene rings is 1. The molecule has 6 heteroatoms. The summed E-state index contributed by atoms with van der Waals surface area (Å²) in [5, 5.41) is 9.64. The molecule has 1 heterocycles. The maximum atomic E-state index is 12.8. The number of rotatable bonds is 7. The number of aromatic hydroxyl groups is 1. The van der Waals surface area contributed by atoms with Crippen LogP contribution in [-0.2, 0) is 11.2 Å². The molecule has 1 aromatic heterocycles. The molecule has 1 aromatic carbocycles. The van der Waals surface area contributed by atoms with Gasteiger partial charge in [-0.2, -0.15) is 0 Å². The van der Waals surface area contributed by atoms with E-state index in [9.17, 15) is 14.7 Å². The third-order valence-electron chi connectivity index (χ3n) is 4.14. The van der Waals surface area contributed by atoms with Gasteiger partial charge < -0.3 is 15.0 Å². The first-order valence-electron chi connectivity index (χ1n) is 8.13. The van der Waals surface area contributed by atoms with Crippen LogP contribution >= 0.6 is 0 Å². The van der Waals surface area contributed by atoms with E-state index in [0.717, 1.165) is 5.56 Å². The summed E-state index contributed by atoms with van der Waals surface area (Å²) in [4.78, 5) is 32.6. The van der Waals surface area contributed by atoms with Gasteiger partial charge in [0.05, 0.1) is 11.5 Å². The molecule has 0 aliphatic carbocycles. The second-order valence-electron chi connectivity index (χ2n) is 5.96. The summed E-state index contributed by atoms with van der Waals surface area (Å²) < 4.78 is 0. The average molecular weight is 341 g/mol. The Morgan fingerprint density at radius 2 is 2.08 bits per heavy atom. The summed E-state index contributed by atoms with van der Waals surface area (Å²) >= 11 is 0. The van der Waals surface area contributed by atoms with Gasteiger partial charge in [0.15, 0.2) is 0 Å². The van der Waals surface area contributed by atoms with E-state index in [2.05, 4.69) is 16.5 Å². The number of allylic oxidation sites excluding steroid dienone is 1. The normalized spacial score (nSPS) is 11.8. The zero-order valence-corrected chi connectivity index (χ0v) is 14.5. The van der Waals surface area contributed by atoms with E-state index < -0.39 is 0 Å². The van der Waals surface area contributed by atoms with Gasteiger partial charge in [-0.05, 0) is 18.9 Å². The quantitative estimate of drug-likeness (QED) is 0.756. The Hall–Kier alpha value is -2.89. The standard InChI is InChI=1S/C19H23N3O3/c1-4-8-15(14-9-6-5-7-10-14)19(25)22(3)12-11-16-20-17(23)13(2)18(24)21-16/h4-7,9-10,15H,1,8,11-12H2,2-3H3,(H2,20,21,23,24). The molecule has 0 spiro atoms. The van der Waals surface area contributed by atoms with Gasteiger partial charge in [-0.15, -0.1) is 6.58 Å². The van der Waals surface area contributed by atoms with E-state index in [1.807, 2.05) is 30.3 Å². The van der Waals surface area contributed by atoms with Gasteiger partial charge in [-0.25, -0.2) is 4.98 Å². The minimum atomic E-state index is -0.370. The molecule has 2 aromatic rings. The highest BCUT2D eigenvalue weighted by Crippen LogP contribution is 2.22. The van der Waals surface area contributed by atoms with Gasteiger partial charge in [-0.3, -0.25) is 9.59 Å². The molecule has 1 unspecified atom stereocenters. The molecule has 1 atom stereocenters. The number of aromatic amines is 1. The van der Waals surface area contributed by atoms with E-state index in [1.54, 1.807) is 18.0 Å². The van der Waals surface area contributed by atoms with Gasteiger partial charge in [0, 0.05) is 20.0 Å².